The van der Waals surface area contributed by atoms with Crippen molar-refractivity contribution >= 4 is 0 Å². The van der Waals surface area contributed by atoms with Crippen molar-refractivity contribution in [3.8, 4) is 11.5 Å². The van der Waals surface area contributed by atoms with E-state index in [9.17, 15) is 5.11 Å². The van der Waals surface area contributed by atoms with Crippen LogP contribution in [0.15, 0.2) is 48.5 Å². The molecule has 27 heavy (non-hydrogen) atoms. The van der Waals surface area contributed by atoms with Crippen LogP contribution in [-0.2, 0) is 6.54 Å². The van der Waals surface area contributed by atoms with Crippen LogP contribution in [0.1, 0.15) is 56.3 Å². The summed E-state index contributed by atoms with van der Waals surface area (Å²) >= 11 is 0. The summed E-state index contributed by atoms with van der Waals surface area (Å²) in [4.78, 5) is 0. The number of hydrogen-bond donors (Lipinski definition) is 2. The van der Waals surface area contributed by atoms with Gasteiger partial charge in [-0.05, 0) is 36.2 Å². The van der Waals surface area contributed by atoms with Crippen LogP contribution in [0.25, 0.3) is 0 Å². The molecule has 1 unspecified atom stereocenters. The van der Waals surface area contributed by atoms with Crippen molar-refractivity contribution in [3.63, 3.8) is 0 Å². The molecule has 2 N–H and O–H groups in total. The van der Waals surface area contributed by atoms with Crippen LogP contribution < -0.4 is 14.8 Å². The maximum Gasteiger partial charge on any atom is 0.161 e. The lowest BCUT2D eigenvalue weighted by atomic mass is 10.1. The first-order valence-electron chi connectivity index (χ1n) is 9.98. The van der Waals surface area contributed by atoms with Gasteiger partial charge in [-0.15, -0.1) is 0 Å². The van der Waals surface area contributed by atoms with Gasteiger partial charge in [0.05, 0.1) is 7.11 Å². The number of ether oxygens (including phenoxy) is 2. The first kappa shape index (κ1) is 21.3. The zero-order chi connectivity index (χ0) is 19.3. The van der Waals surface area contributed by atoms with Gasteiger partial charge in [-0.3, -0.25) is 0 Å². The molecule has 4 heteroatoms. The van der Waals surface area contributed by atoms with Gasteiger partial charge in [0.25, 0.3) is 0 Å². The summed E-state index contributed by atoms with van der Waals surface area (Å²) in [5.74, 6) is 1.34. The summed E-state index contributed by atoms with van der Waals surface area (Å²) in [5, 5.41) is 13.7. The van der Waals surface area contributed by atoms with E-state index in [0.717, 1.165) is 24.2 Å². The predicted molar refractivity (Wildman–Crippen MR) is 110 cm³/mol. The van der Waals surface area contributed by atoms with Gasteiger partial charge in [0.2, 0.25) is 0 Å². The summed E-state index contributed by atoms with van der Waals surface area (Å²) in [5.41, 5.74) is 2.01. The van der Waals surface area contributed by atoms with Crippen molar-refractivity contribution < 1.29 is 14.6 Å². The lowest BCUT2D eigenvalue weighted by Crippen LogP contribution is -2.15. The minimum absolute atomic E-state index is 0.190. The second-order valence-corrected chi connectivity index (χ2v) is 6.81. The number of aliphatic hydroxyl groups is 1. The SMILES string of the molecule is CCCCCCCNCc1ccc(OCC(O)c2ccccc2)c(OC)c1. The Morgan fingerprint density at radius 2 is 1.74 bits per heavy atom. The fourth-order valence-electron chi connectivity index (χ4n) is 2.97. The highest BCUT2D eigenvalue weighted by Crippen LogP contribution is 2.29. The van der Waals surface area contributed by atoms with Crippen molar-refractivity contribution in [2.24, 2.45) is 0 Å². The van der Waals surface area contributed by atoms with E-state index < -0.39 is 6.10 Å². The molecule has 0 aliphatic heterocycles. The van der Waals surface area contributed by atoms with Crippen molar-refractivity contribution in [1.29, 1.82) is 0 Å². The Morgan fingerprint density at radius 3 is 2.48 bits per heavy atom. The number of methoxy groups -OCH3 is 1. The van der Waals surface area contributed by atoms with E-state index >= 15 is 0 Å². The molecule has 2 rings (SSSR count). The second-order valence-electron chi connectivity index (χ2n) is 6.81. The molecule has 2 aromatic carbocycles. The van der Waals surface area contributed by atoms with Crippen LogP contribution in [0.4, 0.5) is 0 Å². The van der Waals surface area contributed by atoms with Gasteiger partial charge in [0, 0.05) is 6.54 Å². The number of benzene rings is 2. The maximum atomic E-state index is 10.2. The molecule has 4 nitrogen and oxygen atoms in total. The third-order valence-electron chi connectivity index (χ3n) is 4.60. The lowest BCUT2D eigenvalue weighted by Gasteiger charge is -2.15. The average Bonchev–Trinajstić information content (AvgIpc) is 2.72. The van der Waals surface area contributed by atoms with Gasteiger partial charge >= 0.3 is 0 Å². The number of rotatable bonds is 13. The van der Waals surface area contributed by atoms with Crippen molar-refractivity contribution in [3.05, 3.63) is 59.7 Å². The largest absolute Gasteiger partial charge is 0.493 e. The Morgan fingerprint density at radius 1 is 0.963 bits per heavy atom. The van der Waals surface area contributed by atoms with E-state index in [1.54, 1.807) is 7.11 Å². The molecule has 1 atom stereocenters. The molecule has 0 saturated carbocycles. The number of hydrogen-bond acceptors (Lipinski definition) is 4. The van der Waals surface area contributed by atoms with Crippen LogP contribution in [0.5, 0.6) is 11.5 Å². The molecule has 0 aliphatic rings. The summed E-state index contributed by atoms with van der Waals surface area (Å²) in [6.45, 7) is 4.28. The molecule has 0 aliphatic carbocycles. The van der Waals surface area contributed by atoms with Gasteiger partial charge in [0.1, 0.15) is 12.7 Å². The fraction of sp³-hybridized carbons (Fsp3) is 0.478. The summed E-state index contributed by atoms with van der Waals surface area (Å²) < 4.78 is 11.2. The first-order chi connectivity index (χ1) is 13.2. The molecule has 0 aromatic heterocycles. The molecule has 148 valence electrons. The third-order valence-corrected chi connectivity index (χ3v) is 4.60. The molecule has 0 bridgehead atoms. The highest BCUT2D eigenvalue weighted by atomic mass is 16.5. The van der Waals surface area contributed by atoms with Gasteiger partial charge in [-0.25, -0.2) is 0 Å². The first-order valence-corrected chi connectivity index (χ1v) is 9.98. The Balaban J connectivity index is 1.79. The van der Waals surface area contributed by atoms with Crippen LogP contribution in [0, 0.1) is 0 Å². The smallest absolute Gasteiger partial charge is 0.161 e. The Hall–Kier alpha value is -2.04. The van der Waals surface area contributed by atoms with Gasteiger partial charge in [-0.2, -0.15) is 0 Å². The predicted octanol–water partition coefficient (Wildman–Crippen LogP) is 4.87. The molecule has 0 fully saturated rings. The molecule has 0 spiro atoms. The Kier molecular flexibility index (Phi) is 9.74. The summed E-state index contributed by atoms with van der Waals surface area (Å²) in [6.07, 6.45) is 5.79. The normalized spacial score (nSPS) is 12.0. The second kappa shape index (κ2) is 12.4. The highest BCUT2D eigenvalue weighted by Gasteiger charge is 2.11. The summed E-state index contributed by atoms with van der Waals surface area (Å²) in [7, 11) is 1.64. The fourth-order valence-corrected chi connectivity index (χ4v) is 2.97. The van der Waals surface area contributed by atoms with Crippen molar-refractivity contribution in [1.82, 2.24) is 5.32 Å². The van der Waals surface area contributed by atoms with E-state index in [2.05, 4.69) is 12.2 Å². The molecule has 0 saturated heterocycles. The molecule has 0 radical (unpaired) electrons. The zero-order valence-corrected chi connectivity index (χ0v) is 16.6. The standard InChI is InChI=1S/C23H33NO3/c1-3-4-5-6-10-15-24-17-19-13-14-22(23(16-19)26-2)27-18-21(25)20-11-8-7-9-12-20/h7-9,11-14,16,21,24-25H,3-6,10,15,17-18H2,1-2H3. The van der Waals surface area contributed by atoms with Gasteiger partial charge in [0.15, 0.2) is 11.5 Å². The number of nitrogens with one attached hydrogen (secondary N) is 1. The Labute approximate surface area is 163 Å². The van der Waals surface area contributed by atoms with Crippen LogP contribution in [0.2, 0.25) is 0 Å². The van der Waals surface area contributed by atoms with Gasteiger partial charge in [-0.1, -0.05) is 69.0 Å². The van der Waals surface area contributed by atoms with E-state index in [-0.39, 0.29) is 6.61 Å². The molecular formula is C23H33NO3. The average molecular weight is 372 g/mol. The lowest BCUT2D eigenvalue weighted by molar-refractivity contribution is 0.106. The number of unbranched alkanes of at least 4 members (excludes halogenated alkanes) is 4. The number of aliphatic hydroxyl groups excluding tert-OH is 1. The monoisotopic (exact) mass is 371 g/mol. The van der Waals surface area contributed by atoms with Crippen molar-refractivity contribution in [2.75, 3.05) is 20.3 Å². The van der Waals surface area contributed by atoms with E-state index in [1.807, 2.05) is 48.5 Å². The van der Waals surface area contributed by atoms with E-state index in [1.165, 1.54) is 32.1 Å². The molecule has 0 amide bonds. The van der Waals surface area contributed by atoms with Crippen LogP contribution >= 0.6 is 0 Å². The topological polar surface area (TPSA) is 50.7 Å². The minimum atomic E-state index is -0.662. The maximum absolute atomic E-state index is 10.2. The van der Waals surface area contributed by atoms with Gasteiger partial charge < -0.3 is 19.9 Å². The van der Waals surface area contributed by atoms with Crippen LogP contribution in [0.3, 0.4) is 0 Å². The zero-order valence-electron chi connectivity index (χ0n) is 16.6. The van der Waals surface area contributed by atoms with Crippen molar-refractivity contribution in [2.45, 2.75) is 51.7 Å². The quantitative estimate of drug-likeness (QED) is 0.493. The Bertz CT molecular complexity index is 645. The molecule has 0 heterocycles. The highest BCUT2D eigenvalue weighted by molar-refractivity contribution is 5.43. The van der Waals surface area contributed by atoms with E-state index in [4.69, 9.17) is 9.47 Å². The van der Waals surface area contributed by atoms with Crippen LogP contribution in [-0.4, -0.2) is 25.4 Å². The summed E-state index contributed by atoms with van der Waals surface area (Å²) in [6, 6.07) is 15.5. The van der Waals surface area contributed by atoms with E-state index in [0.29, 0.717) is 11.5 Å². The molecule has 2 aromatic rings. The molecular weight excluding hydrogens is 338 g/mol. The third kappa shape index (κ3) is 7.61. The minimum Gasteiger partial charge on any atom is -0.493 e.